The van der Waals surface area contributed by atoms with Crippen molar-refractivity contribution in [1.29, 1.82) is 0 Å². The molecule has 5 heteroatoms. The number of carbonyl (C=O) groups is 1. The number of benzene rings is 1. The van der Waals surface area contributed by atoms with Crippen molar-refractivity contribution in [3.05, 3.63) is 63.3 Å². The molecule has 2 heterocycles. The van der Waals surface area contributed by atoms with E-state index in [0.717, 1.165) is 42.6 Å². The summed E-state index contributed by atoms with van der Waals surface area (Å²) in [7, 11) is 0. The Kier molecular flexibility index (Phi) is 5.49. The molecule has 0 saturated carbocycles. The Bertz CT molecular complexity index is 676. The summed E-state index contributed by atoms with van der Waals surface area (Å²) >= 11 is 7.66. The minimum absolute atomic E-state index is 0.0980. The summed E-state index contributed by atoms with van der Waals surface area (Å²) < 4.78 is 0. The van der Waals surface area contributed by atoms with Crippen molar-refractivity contribution in [2.24, 2.45) is 0 Å². The van der Waals surface area contributed by atoms with Crippen LogP contribution in [0.5, 0.6) is 0 Å². The monoisotopic (exact) mass is 346 g/mol. The van der Waals surface area contributed by atoms with E-state index in [4.69, 9.17) is 11.6 Å². The second kappa shape index (κ2) is 7.77. The number of thiophene rings is 1. The van der Waals surface area contributed by atoms with Crippen LogP contribution < -0.4 is 0 Å². The highest BCUT2D eigenvalue weighted by molar-refractivity contribution is 7.10. The third-order valence-corrected chi connectivity index (χ3v) is 4.99. The zero-order valence-electron chi connectivity index (χ0n) is 12.8. The van der Waals surface area contributed by atoms with E-state index >= 15 is 0 Å². The molecule has 23 heavy (non-hydrogen) atoms. The molecule has 120 valence electrons. The number of halogens is 1. The molecule has 0 radical (unpaired) electrons. The van der Waals surface area contributed by atoms with Gasteiger partial charge < -0.3 is 4.90 Å². The van der Waals surface area contributed by atoms with Crippen molar-refractivity contribution in [2.45, 2.75) is 6.54 Å². The maximum absolute atomic E-state index is 12.2. The molecule has 0 atom stereocenters. The number of carbonyl (C=O) groups excluding carboxylic acids is 1. The lowest BCUT2D eigenvalue weighted by Gasteiger charge is -2.34. The fourth-order valence-electron chi connectivity index (χ4n) is 2.66. The van der Waals surface area contributed by atoms with Crippen molar-refractivity contribution in [1.82, 2.24) is 9.80 Å². The molecule has 0 spiro atoms. The van der Waals surface area contributed by atoms with Crippen LogP contribution in [0.4, 0.5) is 0 Å². The van der Waals surface area contributed by atoms with Gasteiger partial charge in [0.05, 0.1) is 0 Å². The normalized spacial score (nSPS) is 16.1. The van der Waals surface area contributed by atoms with Gasteiger partial charge in [-0.2, -0.15) is 0 Å². The Morgan fingerprint density at radius 2 is 2.00 bits per heavy atom. The van der Waals surface area contributed by atoms with Gasteiger partial charge in [-0.3, -0.25) is 9.69 Å². The summed E-state index contributed by atoms with van der Waals surface area (Å²) in [6, 6.07) is 12.0. The molecule has 2 aromatic rings. The SMILES string of the molecule is O=C(/C=C/c1cccs1)N1CCN(Cc2cccc(Cl)c2)CC1. The van der Waals surface area contributed by atoms with Gasteiger partial charge >= 0.3 is 0 Å². The highest BCUT2D eigenvalue weighted by Gasteiger charge is 2.19. The molecule has 1 fully saturated rings. The van der Waals surface area contributed by atoms with Crippen molar-refractivity contribution in [3.63, 3.8) is 0 Å². The van der Waals surface area contributed by atoms with Crippen LogP contribution in [0.2, 0.25) is 5.02 Å². The van der Waals surface area contributed by atoms with Crippen LogP contribution in [0.3, 0.4) is 0 Å². The third-order valence-electron chi connectivity index (χ3n) is 3.91. The fourth-order valence-corrected chi connectivity index (χ4v) is 3.50. The maximum Gasteiger partial charge on any atom is 0.246 e. The van der Waals surface area contributed by atoms with Crippen LogP contribution in [0.25, 0.3) is 6.08 Å². The zero-order valence-corrected chi connectivity index (χ0v) is 14.4. The summed E-state index contributed by atoms with van der Waals surface area (Å²) in [5, 5.41) is 2.79. The molecule has 0 unspecified atom stereocenters. The average Bonchev–Trinajstić information content (AvgIpc) is 3.07. The fraction of sp³-hybridized carbons (Fsp3) is 0.278. The Hall–Kier alpha value is -1.62. The summed E-state index contributed by atoms with van der Waals surface area (Å²) in [6.45, 7) is 4.21. The number of nitrogens with zero attached hydrogens (tertiary/aromatic N) is 2. The van der Waals surface area contributed by atoms with Crippen LogP contribution in [0, 0.1) is 0 Å². The Labute approximate surface area is 145 Å². The quantitative estimate of drug-likeness (QED) is 0.787. The topological polar surface area (TPSA) is 23.6 Å². The van der Waals surface area contributed by atoms with Gasteiger partial charge in [0.15, 0.2) is 0 Å². The predicted octanol–water partition coefficient (Wildman–Crippen LogP) is 3.76. The van der Waals surface area contributed by atoms with E-state index in [1.54, 1.807) is 17.4 Å². The molecular formula is C18H19ClN2OS. The van der Waals surface area contributed by atoms with Crippen LogP contribution in [-0.2, 0) is 11.3 Å². The van der Waals surface area contributed by atoms with Crippen molar-refractivity contribution >= 4 is 34.9 Å². The first kappa shape index (κ1) is 16.2. The molecule has 3 rings (SSSR count). The average molecular weight is 347 g/mol. The standard InChI is InChI=1S/C18H19ClN2OS/c19-16-4-1-3-15(13-16)14-20-8-10-21(11-9-20)18(22)7-6-17-5-2-12-23-17/h1-7,12-13H,8-11,14H2/b7-6+. The van der Waals surface area contributed by atoms with Crippen LogP contribution >= 0.6 is 22.9 Å². The van der Waals surface area contributed by atoms with Gasteiger partial charge in [-0.1, -0.05) is 29.8 Å². The van der Waals surface area contributed by atoms with Gasteiger partial charge in [0.25, 0.3) is 0 Å². The first-order valence-corrected chi connectivity index (χ1v) is 8.94. The molecule has 1 saturated heterocycles. The van der Waals surface area contributed by atoms with Crippen molar-refractivity contribution in [3.8, 4) is 0 Å². The second-order valence-corrected chi connectivity index (χ2v) is 7.00. The lowest BCUT2D eigenvalue weighted by atomic mass is 10.2. The lowest BCUT2D eigenvalue weighted by Crippen LogP contribution is -2.47. The summed E-state index contributed by atoms with van der Waals surface area (Å²) in [4.78, 5) is 17.6. The van der Waals surface area contributed by atoms with Crippen molar-refractivity contribution < 1.29 is 4.79 Å². The van der Waals surface area contributed by atoms with Gasteiger partial charge in [0.1, 0.15) is 0 Å². The van der Waals surface area contributed by atoms with Gasteiger partial charge in [-0.25, -0.2) is 0 Å². The molecule has 0 aliphatic carbocycles. The second-order valence-electron chi connectivity index (χ2n) is 5.58. The van der Waals surface area contributed by atoms with Crippen LogP contribution in [-0.4, -0.2) is 41.9 Å². The van der Waals surface area contributed by atoms with Gasteiger partial charge in [-0.15, -0.1) is 11.3 Å². The molecule has 0 bridgehead atoms. The third kappa shape index (κ3) is 4.67. The zero-order chi connectivity index (χ0) is 16.1. The van der Waals surface area contributed by atoms with E-state index in [1.807, 2.05) is 46.7 Å². The summed E-state index contributed by atoms with van der Waals surface area (Å²) in [5.41, 5.74) is 1.22. The lowest BCUT2D eigenvalue weighted by molar-refractivity contribution is -0.127. The molecule has 0 N–H and O–H groups in total. The number of piperazine rings is 1. The molecule has 3 nitrogen and oxygen atoms in total. The minimum Gasteiger partial charge on any atom is -0.337 e. The Balaban J connectivity index is 1.49. The number of rotatable bonds is 4. The summed E-state index contributed by atoms with van der Waals surface area (Å²) in [6.07, 6.45) is 3.57. The molecule has 1 aromatic carbocycles. The molecule has 1 aliphatic heterocycles. The highest BCUT2D eigenvalue weighted by Crippen LogP contribution is 2.15. The highest BCUT2D eigenvalue weighted by atomic mass is 35.5. The van der Waals surface area contributed by atoms with Gasteiger partial charge in [0, 0.05) is 48.7 Å². The molecule has 1 aromatic heterocycles. The maximum atomic E-state index is 12.2. The van der Waals surface area contributed by atoms with E-state index in [9.17, 15) is 4.79 Å². The smallest absolute Gasteiger partial charge is 0.246 e. The van der Waals surface area contributed by atoms with Gasteiger partial charge in [-0.05, 0) is 35.2 Å². The summed E-state index contributed by atoms with van der Waals surface area (Å²) in [5.74, 6) is 0.0980. The first-order chi connectivity index (χ1) is 11.2. The Morgan fingerprint density at radius 3 is 2.70 bits per heavy atom. The van der Waals surface area contributed by atoms with E-state index in [0.29, 0.717) is 0 Å². The minimum atomic E-state index is 0.0980. The largest absolute Gasteiger partial charge is 0.337 e. The van der Waals surface area contributed by atoms with Gasteiger partial charge in [0.2, 0.25) is 5.91 Å². The van der Waals surface area contributed by atoms with E-state index in [1.165, 1.54) is 5.56 Å². The van der Waals surface area contributed by atoms with Crippen LogP contribution in [0.1, 0.15) is 10.4 Å². The number of amides is 1. The van der Waals surface area contributed by atoms with Crippen LogP contribution in [0.15, 0.2) is 47.9 Å². The molecule has 1 amide bonds. The molecule has 1 aliphatic rings. The number of hydrogen-bond donors (Lipinski definition) is 0. The van der Waals surface area contributed by atoms with E-state index in [-0.39, 0.29) is 5.91 Å². The molecular weight excluding hydrogens is 328 g/mol. The van der Waals surface area contributed by atoms with E-state index < -0.39 is 0 Å². The Morgan fingerprint density at radius 1 is 1.17 bits per heavy atom. The first-order valence-electron chi connectivity index (χ1n) is 7.68. The van der Waals surface area contributed by atoms with E-state index in [2.05, 4.69) is 11.0 Å². The van der Waals surface area contributed by atoms with Crippen molar-refractivity contribution in [2.75, 3.05) is 26.2 Å². The number of hydrogen-bond acceptors (Lipinski definition) is 3. The predicted molar refractivity (Wildman–Crippen MR) is 96.7 cm³/mol.